The van der Waals surface area contributed by atoms with Gasteiger partial charge in [0.2, 0.25) is 0 Å². The summed E-state index contributed by atoms with van der Waals surface area (Å²) < 4.78 is 0. The van der Waals surface area contributed by atoms with Crippen molar-refractivity contribution in [1.82, 2.24) is 0 Å². The molecule has 0 bridgehead atoms. The molecule has 1 aliphatic carbocycles. The summed E-state index contributed by atoms with van der Waals surface area (Å²) in [4.78, 5) is 1.50. The number of hydrogen-bond donors (Lipinski definition) is 0. The van der Waals surface area contributed by atoms with Crippen LogP contribution < -0.4 is 0 Å². The zero-order chi connectivity index (χ0) is 17.8. The fraction of sp³-hybridized carbons (Fsp3) is 0.364. The third-order valence-corrected chi connectivity index (χ3v) is 4.58. The molecule has 0 radical (unpaired) electrons. The van der Waals surface area contributed by atoms with E-state index in [0.717, 1.165) is 19.3 Å². The van der Waals surface area contributed by atoms with Gasteiger partial charge in [0.1, 0.15) is 0 Å². The van der Waals surface area contributed by atoms with Crippen molar-refractivity contribution < 1.29 is 0 Å². The van der Waals surface area contributed by atoms with Crippen LogP contribution >= 0.6 is 0 Å². The lowest BCUT2D eigenvalue weighted by Gasteiger charge is -2.30. The van der Waals surface area contributed by atoms with E-state index < -0.39 is 0 Å². The van der Waals surface area contributed by atoms with Gasteiger partial charge in [-0.2, -0.15) is 0 Å². The maximum Gasteiger partial charge on any atom is 0.0395 e. The van der Waals surface area contributed by atoms with E-state index in [1.807, 2.05) is 0 Å². The van der Waals surface area contributed by atoms with Crippen LogP contribution in [0.3, 0.4) is 0 Å². The van der Waals surface area contributed by atoms with Crippen molar-refractivity contribution in [2.24, 2.45) is 5.41 Å². The van der Waals surface area contributed by atoms with Gasteiger partial charge in [-0.3, -0.25) is 4.91 Å². The lowest BCUT2D eigenvalue weighted by atomic mass is 9.72. The van der Waals surface area contributed by atoms with Gasteiger partial charge in [0.15, 0.2) is 0 Å². The van der Waals surface area contributed by atoms with Crippen LogP contribution in [0, 0.1) is 17.3 Å². The maximum absolute atomic E-state index is 6.75. The van der Waals surface area contributed by atoms with E-state index in [2.05, 4.69) is 72.5 Å². The van der Waals surface area contributed by atoms with E-state index in [1.54, 1.807) is 0 Å². The van der Waals surface area contributed by atoms with Gasteiger partial charge in [0.05, 0.1) is 0 Å². The monoisotopic (exact) mass is 330 g/mol. The standard InChI is InChI=1S/C22H24.N3/c1-2-10-16-22(17-11-3-1,18-20-12-6-4-7-13-20)19-21-14-8-5-9-15-21;1-3-2/h4-9,12-15H,1-3,10,16,18-19H2;/q;-1. The molecule has 2 aromatic carbocycles. The van der Waals surface area contributed by atoms with E-state index in [9.17, 15) is 0 Å². The van der Waals surface area contributed by atoms with Crippen LogP contribution in [-0.4, -0.2) is 0 Å². The number of rotatable bonds is 4. The van der Waals surface area contributed by atoms with Gasteiger partial charge in [0.25, 0.3) is 0 Å². The van der Waals surface area contributed by atoms with Gasteiger partial charge in [-0.25, -0.2) is 0 Å². The number of benzene rings is 2. The third-order valence-electron chi connectivity index (χ3n) is 4.58. The minimum absolute atomic E-state index is 0.100. The molecule has 0 saturated heterocycles. The van der Waals surface area contributed by atoms with Crippen molar-refractivity contribution >= 4 is 0 Å². The molecule has 0 fully saturated rings. The molecule has 0 aliphatic heterocycles. The largest absolute Gasteiger partial charge is 0.373 e. The second-order valence-corrected chi connectivity index (χ2v) is 6.56. The molecule has 0 aromatic heterocycles. The molecule has 0 amide bonds. The normalized spacial score (nSPS) is 15.2. The fourth-order valence-corrected chi connectivity index (χ4v) is 3.47. The van der Waals surface area contributed by atoms with Gasteiger partial charge < -0.3 is 11.1 Å². The molecule has 25 heavy (non-hydrogen) atoms. The molecule has 3 nitrogen and oxygen atoms in total. The van der Waals surface area contributed by atoms with E-state index in [-0.39, 0.29) is 5.41 Å². The first-order valence-corrected chi connectivity index (χ1v) is 8.84. The van der Waals surface area contributed by atoms with Gasteiger partial charge in [-0.05, 0) is 36.8 Å². The zero-order valence-corrected chi connectivity index (χ0v) is 14.6. The molecule has 2 aromatic rings. The molecule has 0 saturated carbocycles. The highest BCUT2D eigenvalue weighted by molar-refractivity contribution is 5.27. The second kappa shape index (κ2) is 10.2. The molecule has 0 N–H and O–H groups in total. The van der Waals surface area contributed by atoms with Crippen LogP contribution in [0.4, 0.5) is 0 Å². The van der Waals surface area contributed by atoms with Gasteiger partial charge in [0, 0.05) is 11.8 Å². The Labute approximate surface area is 150 Å². The van der Waals surface area contributed by atoms with E-state index in [4.69, 9.17) is 11.1 Å². The summed E-state index contributed by atoms with van der Waals surface area (Å²) in [6.07, 6.45) is 8.29. The molecule has 0 unspecified atom stereocenters. The predicted octanol–water partition coefficient (Wildman–Crippen LogP) is 6.29. The van der Waals surface area contributed by atoms with Crippen LogP contribution in [0.5, 0.6) is 0 Å². The first kappa shape index (κ1) is 18.6. The Morgan fingerprint density at radius 2 is 1.32 bits per heavy atom. The average molecular weight is 330 g/mol. The van der Waals surface area contributed by atoms with Crippen LogP contribution in [-0.2, 0) is 12.8 Å². The smallest absolute Gasteiger partial charge is 0.0395 e. The number of hydrogen-bond acceptors (Lipinski definition) is 0. The van der Waals surface area contributed by atoms with Crippen LogP contribution in [0.1, 0.15) is 43.2 Å². The SMILES string of the molecule is C1#CC(Cc2ccccc2)(Cc2ccccc2)CCCCC1.[N-]=[N+]=[N-]. The Balaban J connectivity index is 0.000000701. The first-order valence-electron chi connectivity index (χ1n) is 8.84. The zero-order valence-electron chi connectivity index (χ0n) is 14.6. The Morgan fingerprint density at radius 1 is 0.800 bits per heavy atom. The highest BCUT2D eigenvalue weighted by atomic mass is 15.0. The molecule has 3 heteroatoms. The molecule has 0 spiro atoms. The summed E-state index contributed by atoms with van der Waals surface area (Å²) in [5.74, 6) is 7.15. The van der Waals surface area contributed by atoms with Gasteiger partial charge in [-0.1, -0.05) is 79.4 Å². The summed E-state index contributed by atoms with van der Waals surface area (Å²) in [6.45, 7) is 0. The first-order chi connectivity index (χ1) is 12.3. The quantitative estimate of drug-likeness (QED) is 0.274. The molecule has 3 rings (SSSR count). The van der Waals surface area contributed by atoms with Crippen LogP contribution in [0.15, 0.2) is 60.7 Å². The summed E-state index contributed by atoms with van der Waals surface area (Å²) >= 11 is 0. The van der Waals surface area contributed by atoms with Crippen LogP contribution in [0.25, 0.3) is 16.0 Å². The molecule has 1 aliphatic rings. The highest BCUT2D eigenvalue weighted by Gasteiger charge is 2.28. The van der Waals surface area contributed by atoms with E-state index in [0.29, 0.717) is 0 Å². The Bertz CT molecular complexity index is 679. The van der Waals surface area contributed by atoms with E-state index in [1.165, 1.54) is 41.7 Å². The Kier molecular flexibility index (Phi) is 7.63. The molecular formula is C22H24N3-. The summed E-state index contributed by atoms with van der Waals surface area (Å²) in [7, 11) is 0. The fourth-order valence-electron chi connectivity index (χ4n) is 3.47. The number of nitrogens with zero attached hydrogens (tertiary/aromatic N) is 3. The van der Waals surface area contributed by atoms with Gasteiger partial charge in [-0.15, -0.1) is 5.92 Å². The molecule has 128 valence electrons. The van der Waals surface area contributed by atoms with Crippen LogP contribution in [0.2, 0.25) is 0 Å². The minimum Gasteiger partial charge on any atom is -0.373 e. The lowest BCUT2D eigenvalue weighted by Crippen LogP contribution is -2.26. The topological polar surface area (TPSA) is 58.7 Å². The minimum atomic E-state index is 0.100. The summed E-state index contributed by atoms with van der Waals surface area (Å²) in [5, 5.41) is 0. The van der Waals surface area contributed by atoms with E-state index >= 15 is 0 Å². The maximum atomic E-state index is 6.75. The highest BCUT2D eigenvalue weighted by Crippen LogP contribution is 2.34. The lowest BCUT2D eigenvalue weighted by molar-refractivity contribution is 0.342. The van der Waals surface area contributed by atoms with Crippen molar-refractivity contribution in [2.45, 2.75) is 44.9 Å². The Morgan fingerprint density at radius 3 is 1.84 bits per heavy atom. The average Bonchev–Trinajstić information content (AvgIpc) is 2.61. The van der Waals surface area contributed by atoms with Crippen molar-refractivity contribution in [3.05, 3.63) is 87.8 Å². The second-order valence-electron chi connectivity index (χ2n) is 6.56. The molecule has 0 atom stereocenters. The Hall–Kier alpha value is -2.69. The third kappa shape index (κ3) is 6.37. The van der Waals surface area contributed by atoms with Gasteiger partial charge >= 0.3 is 0 Å². The van der Waals surface area contributed by atoms with Crippen molar-refractivity contribution in [3.63, 3.8) is 0 Å². The molecular weight excluding hydrogens is 306 g/mol. The van der Waals surface area contributed by atoms with Crippen molar-refractivity contribution in [2.75, 3.05) is 0 Å². The summed E-state index contributed by atoms with van der Waals surface area (Å²) in [6, 6.07) is 21.7. The molecule has 0 heterocycles. The van der Waals surface area contributed by atoms with Crippen molar-refractivity contribution in [3.8, 4) is 11.8 Å². The predicted molar refractivity (Wildman–Crippen MR) is 104 cm³/mol. The summed E-state index contributed by atoms with van der Waals surface area (Å²) in [5.41, 5.74) is 16.4. The van der Waals surface area contributed by atoms with Crippen molar-refractivity contribution in [1.29, 1.82) is 0 Å².